The van der Waals surface area contributed by atoms with Crippen molar-refractivity contribution in [1.82, 2.24) is 10.2 Å². The van der Waals surface area contributed by atoms with Gasteiger partial charge in [-0.15, -0.1) is 0 Å². The van der Waals surface area contributed by atoms with Gasteiger partial charge in [0, 0.05) is 0 Å². The summed E-state index contributed by atoms with van der Waals surface area (Å²) in [5.74, 6) is -0.0582. The largest absolute Gasteiger partial charge is 0.325 e. The molecule has 1 aliphatic carbocycles. The molecule has 0 radical (unpaired) electrons. The van der Waals surface area contributed by atoms with Crippen LogP contribution in [-0.4, -0.2) is 22.4 Å². The fraction of sp³-hybridized carbons (Fsp3) is 0.300. The fourth-order valence-electron chi connectivity index (χ4n) is 3.75. The van der Waals surface area contributed by atoms with E-state index in [1.807, 2.05) is 42.5 Å². The Hall–Kier alpha value is -2.62. The molecule has 0 aromatic heterocycles. The van der Waals surface area contributed by atoms with Gasteiger partial charge in [0.05, 0.1) is 6.54 Å². The van der Waals surface area contributed by atoms with Gasteiger partial charge in [-0.1, -0.05) is 67.4 Å². The molecule has 1 N–H and O–H groups in total. The van der Waals surface area contributed by atoms with E-state index >= 15 is 0 Å². The predicted molar refractivity (Wildman–Crippen MR) is 92.2 cm³/mol. The minimum Gasteiger partial charge on any atom is -0.323 e. The molecule has 2 aromatic carbocycles. The molecule has 2 aromatic rings. The van der Waals surface area contributed by atoms with Crippen LogP contribution in [0.2, 0.25) is 0 Å². The van der Waals surface area contributed by atoms with Crippen LogP contribution >= 0.6 is 0 Å². The Kier molecular flexibility index (Phi) is 3.60. The molecule has 0 bridgehead atoms. The number of amides is 3. The molecule has 0 atom stereocenters. The van der Waals surface area contributed by atoms with Gasteiger partial charge in [0.2, 0.25) is 0 Å². The Morgan fingerprint density at radius 1 is 0.875 bits per heavy atom. The van der Waals surface area contributed by atoms with Gasteiger partial charge < -0.3 is 5.32 Å². The fourth-order valence-corrected chi connectivity index (χ4v) is 3.75. The number of urea groups is 1. The first kappa shape index (κ1) is 14.9. The average Bonchev–Trinajstić information content (AvgIpc) is 3.17. The van der Waals surface area contributed by atoms with Gasteiger partial charge in [-0.25, -0.2) is 4.79 Å². The minimum absolute atomic E-state index is 0.0582. The van der Waals surface area contributed by atoms with Crippen molar-refractivity contribution in [3.05, 3.63) is 60.2 Å². The lowest BCUT2D eigenvalue weighted by atomic mass is 9.98. The number of imide groups is 1. The summed E-state index contributed by atoms with van der Waals surface area (Å²) in [5, 5.41) is 2.92. The van der Waals surface area contributed by atoms with E-state index in [0.29, 0.717) is 6.54 Å². The number of nitrogens with one attached hydrogen (secondary N) is 1. The first-order valence-corrected chi connectivity index (χ1v) is 8.46. The highest BCUT2D eigenvalue weighted by atomic mass is 16.2. The van der Waals surface area contributed by atoms with Gasteiger partial charge in [-0.2, -0.15) is 0 Å². The van der Waals surface area contributed by atoms with E-state index in [4.69, 9.17) is 0 Å². The SMILES string of the molecule is O=C1NC2(CCCC2)C(=O)N1Cc1ccc(-c2ccccc2)cc1. The zero-order valence-corrected chi connectivity index (χ0v) is 13.5. The highest BCUT2D eigenvalue weighted by Crippen LogP contribution is 2.35. The van der Waals surface area contributed by atoms with Crippen LogP contribution in [-0.2, 0) is 11.3 Å². The number of carbonyl (C=O) groups is 2. The Morgan fingerprint density at radius 2 is 1.50 bits per heavy atom. The lowest BCUT2D eigenvalue weighted by molar-refractivity contribution is -0.131. The molecule has 122 valence electrons. The third kappa shape index (κ3) is 2.48. The van der Waals surface area contributed by atoms with Crippen molar-refractivity contribution >= 4 is 11.9 Å². The number of hydrogen-bond donors (Lipinski definition) is 1. The molecule has 0 unspecified atom stereocenters. The molecule has 4 heteroatoms. The topological polar surface area (TPSA) is 49.4 Å². The Labute approximate surface area is 141 Å². The molecule has 1 spiro atoms. The quantitative estimate of drug-likeness (QED) is 0.876. The van der Waals surface area contributed by atoms with Crippen molar-refractivity contribution in [2.24, 2.45) is 0 Å². The maximum atomic E-state index is 12.7. The number of benzene rings is 2. The lowest BCUT2D eigenvalue weighted by Gasteiger charge is -2.20. The van der Waals surface area contributed by atoms with E-state index in [9.17, 15) is 9.59 Å². The lowest BCUT2D eigenvalue weighted by Crippen LogP contribution is -2.44. The standard InChI is InChI=1S/C20H20N2O2/c23-18-20(12-4-5-13-20)21-19(24)22(18)14-15-8-10-17(11-9-15)16-6-2-1-3-7-16/h1-3,6-11H,4-5,12-14H2,(H,21,24). The van der Waals surface area contributed by atoms with Gasteiger partial charge in [0.15, 0.2) is 0 Å². The van der Waals surface area contributed by atoms with E-state index in [-0.39, 0.29) is 11.9 Å². The Morgan fingerprint density at radius 3 is 2.17 bits per heavy atom. The summed E-state index contributed by atoms with van der Waals surface area (Å²) in [6.45, 7) is 0.335. The molecule has 1 saturated heterocycles. The normalized spacial score (nSPS) is 19.1. The second-order valence-corrected chi connectivity index (χ2v) is 6.67. The number of carbonyl (C=O) groups excluding carboxylic acids is 2. The Bertz CT molecular complexity index is 762. The third-order valence-electron chi connectivity index (χ3n) is 5.10. The van der Waals surface area contributed by atoms with Crippen LogP contribution in [0.3, 0.4) is 0 Å². The van der Waals surface area contributed by atoms with Crippen molar-refractivity contribution in [3.8, 4) is 11.1 Å². The maximum Gasteiger partial charge on any atom is 0.325 e. The molecular weight excluding hydrogens is 300 g/mol. The van der Waals surface area contributed by atoms with Gasteiger partial charge in [0.25, 0.3) is 5.91 Å². The van der Waals surface area contributed by atoms with Crippen LogP contribution in [0.15, 0.2) is 54.6 Å². The molecule has 1 saturated carbocycles. The van der Waals surface area contributed by atoms with E-state index < -0.39 is 5.54 Å². The van der Waals surface area contributed by atoms with Crippen molar-refractivity contribution < 1.29 is 9.59 Å². The summed E-state index contributed by atoms with van der Waals surface area (Å²) < 4.78 is 0. The number of hydrogen-bond acceptors (Lipinski definition) is 2. The zero-order chi connectivity index (χ0) is 16.6. The second kappa shape index (κ2) is 5.78. The molecule has 1 aliphatic heterocycles. The molecule has 24 heavy (non-hydrogen) atoms. The van der Waals surface area contributed by atoms with E-state index in [1.165, 1.54) is 4.90 Å². The van der Waals surface area contributed by atoms with Gasteiger partial charge in [-0.3, -0.25) is 9.69 Å². The van der Waals surface area contributed by atoms with Crippen LogP contribution in [0, 0.1) is 0 Å². The molecule has 4 nitrogen and oxygen atoms in total. The summed E-state index contributed by atoms with van der Waals surface area (Å²) >= 11 is 0. The highest BCUT2D eigenvalue weighted by molar-refractivity contribution is 6.07. The van der Waals surface area contributed by atoms with Crippen molar-refractivity contribution in [2.45, 2.75) is 37.8 Å². The molecule has 1 heterocycles. The van der Waals surface area contributed by atoms with E-state index in [0.717, 1.165) is 42.4 Å². The maximum absolute atomic E-state index is 12.7. The second-order valence-electron chi connectivity index (χ2n) is 6.67. The smallest absolute Gasteiger partial charge is 0.323 e. The van der Waals surface area contributed by atoms with Gasteiger partial charge in [0.1, 0.15) is 5.54 Å². The van der Waals surface area contributed by atoms with Gasteiger partial charge in [-0.05, 0) is 29.5 Å². The molecule has 2 fully saturated rings. The minimum atomic E-state index is -0.624. The van der Waals surface area contributed by atoms with E-state index in [2.05, 4.69) is 17.4 Å². The molecule has 3 amide bonds. The predicted octanol–water partition coefficient (Wildman–Crippen LogP) is 3.72. The number of nitrogens with zero attached hydrogens (tertiary/aromatic N) is 1. The zero-order valence-electron chi connectivity index (χ0n) is 13.5. The highest BCUT2D eigenvalue weighted by Gasteiger charge is 2.52. The van der Waals surface area contributed by atoms with Crippen molar-refractivity contribution in [3.63, 3.8) is 0 Å². The summed E-state index contributed by atoms with van der Waals surface area (Å²) in [5.41, 5.74) is 2.63. The summed E-state index contributed by atoms with van der Waals surface area (Å²) in [7, 11) is 0. The van der Waals surface area contributed by atoms with Crippen LogP contribution in [0.1, 0.15) is 31.2 Å². The average molecular weight is 320 g/mol. The van der Waals surface area contributed by atoms with Crippen molar-refractivity contribution in [1.29, 1.82) is 0 Å². The first-order valence-electron chi connectivity index (χ1n) is 8.46. The van der Waals surface area contributed by atoms with Crippen molar-refractivity contribution in [2.75, 3.05) is 0 Å². The first-order chi connectivity index (χ1) is 11.7. The number of rotatable bonds is 3. The Balaban J connectivity index is 1.51. The molecule has 2 aliphatic rings. The summed E-state index contributed by atoms with van der Waals surface area (Å²) in [4.78, 5) is 26.3. The van der Waals surface area contributed by atoms with Crippen LogP contribution in [0.4, 0.5) is 4.79 Å². The van der Waals surface area contributed by atoms with Gasteiger partial charge >= 0.3 is 6.03 Å². The summed E-state index contributed by atoms with van der Waals surface area (Å²) in [6.07, 6.45) is 3.54. The third-order valence-corrected chi connectivity index (χ3v) is 5.10. The van der Waals surface area contributed by atoms with Crippen LogP contribution in [0.5, 0.6) is 0 Å². The monoisotopic (exact) mass is 320 g/mol. The molecule has 4 rings (SSSR count). The van der Waals surface area contributed by atoms with Crippen LogP contribution < -0.4 is 5.32 Å². The van der Waals surface area contributed by atoms with E-state index in [1.54, 1.807) is 0 Å². The van der Waals surface area contributed by atoms with Crippen LogP contribution in [0.25, 0.3) is 11.1 Å². The summed E-state index contributed by atoms with van der Waals surface area (Å²) in [6, 6.07) is 17.9. The molecular formula is C20H20N2O2.